The van der Waals surface area contributed by atoms with Gasteiger partial charge in [-0.25, -0.2) is 14.5 Å². The fraction of sp³-hybridized carbons (Fsp3) is 0.469. The van der Waals surface area contributed by atoms with Crippen molar-refractivity contribution in [3.63, 3.8) is 0 Å². The monoisotopic (exact) mass is 592 g/mol. The van der Waals surface area contributed by atoms with Crippen LogP contribution < -0.4 is 19.7 Å². The maximum absolute atomic E-state index is 9.78. The lowest BCUT2D eigenvalue weighted by Gasteiger charge is -2.56. The van der Waals surface area contributed by atoms with E-state index in [0.717, 1.165) is 75.6 Å². The van der Waals surface area contributed by atoms with Crippen LogP contribution >= 0.6 is 0 Å². The minimum absolute atomic E-state index is 0.479. The highest BCUT2D eigenvalue weighted by molar-refractivity contribution is 5.83. The van der Waals surface area contributed by atoms with Crippen LogP contribution in [-0.4, -0.2) is 106 Å². The number of hydrogen-bond acceptors (Lipinski definition) is 11. The Morgan fingerprint density at radius 3 is 2.55 bits per heavy atom. The van der Waals surface area contributed by atoms with Crippen LogP contribution in [0.3, 0.4) is 0 Å². The Kier molecular flexibility index (Phi) is 7.01. The van der Waals surface area contributed by atoms with Crippen molar-refractivity contribution in [1.82, 2.24) is 39.7 Å². The lowest BCUT2D eigenvalue weighted by Crippen LogP contribution is -2.68. The molecule has 9 rings (SSSR count). The smallest absolute Gasteiger partial charge is 0.212 e. The van der Waals surface area contributed by atoms with Gasteiger partial charge in [-0.3, -0.25) is 14.8 Å². The number of likely N-dealkylation sites (tertiary alicyclic amines) is 1. The Morgan fingerprint density at radius 2 is 1.84 bits per heavy atom. The van der Waals surface area contributed by atoms with Gasteiger partial charge in [-0.05, 0) is 43.0 Å². The fourth-order valence-corrected chi connectivity index (χ4v) is 7.47. The van der Waals surface area contributed by atoms with Crippen LogP contribution in [0.25, 0.3) is 16.8 Å². The molecule has 0 radical (unpaired) electrons. The Hall–Kier alpha value is -4.31. The maximum Gasteiger partial charge on any atom is 0.212 e. The van der Waals surface area contributed by atoms with Gasteiger partial charge in [0.1, 0.15) is 24.2 Å². The number of pyridine rings is 2. The third-order valence-electron chi connectivity index (χ3n) is 9.80. The molecule has 226 valence electrons. The number of aromatic nitrogens is 5. The Bertz CT molecular complexity index is 1660. The standard InChI is InChI=1S/C32H36N10O2/c1-43-31-3-2-21(9-37-31)15-41-25-6-26(41)19-40(18-25)30-14-35-29(13-36-30)28-7-27(20-42-32(28)22(8-33)12-38-42)44-5-4-39-16-23-10-34-11-24(23)17-39/h2-3,7,9,12-14,20,23-26,34H,4-6,10-11,15-19H2,1H3. The van der Waals surface area contributed by atoms with Crippen molar-refractivity contribution in [3.8, 4) is 29.0 Å². The molecule has 12 nitrogen and oxygen atoms in total. The first-order chi connectivity index (χ1) is 21.6. The predicted octanol–water partition coefficient (Wildman–Crippen LogP) is 2.06. The normalized spacial score (nSPS) is 24.7. The van der Waals surface area contributed by atoms with E-state index in [-0.39, 0.29) is 0 Å². The first-order valence-corrected chi connectivity index (χ1v) is 15.4. The Balaban J connectivity index is 0.950. The van der Waals surface area contributed by atoms with Crippen LogP contribution in [0, 0.1) is 23.2 Å². The fourth-order valence-electron chi connectivity index (χ4n) is 7.47. The summed E-state index contributed by atoms with van der Waals surface area (Å²) in [6, 6.07) is 9.21. The molecule has 0 aliphatic carbocycles. The van der Waals surface area contributed by atoms with Gasteiger partial charge >= 0.3 is 0 Å². The van der Waals surface area contributed by atoms with Gasteiger partial charge < -0.3 is 19.7 Å². The molecule has 1 N–H and O–H groups in total. The summed E-state index contributed by atoms with van der Waals surface area (Å²) in [5, 5.41) is 17.7. The van der Waals surface area contributed by atoms with Gasteiger partial charge in [-0.2, -0.15) is 10.4 Å². The van der Waals surface area contributed by atoms with Crippen molar-refractivity contribution < 1.29 is 9.47 Å². The van der Waals surface area contributed by atoms with E-state index in [0.29, 0.717) is 47.1 Å². The molecule has 0 amide bonds. The van der Waals surface area contributed by atoms with Crippen LogP contribution in [0.4, 0.5) is 5.82 Å². The molecule has 4 aromatic rings. The number of methoxy groups -OCH3 is 1. The van der Waals surface area contributed by atoms with Gasteiger partial charge in [-0.1, -0.05) is 6.07 Å². The van der Waals surface area contributed by atoms with E-state index in [2.05, 4.69) is 42.2 Å². The summed E-state index contributed by atoms with van der Waals surface area (Å²) in [6.07, 6.45) is 10.2. The van der Waals surface area contributed by atoms with Crippen molar-refractivity contribution >= 4 is 11.3 Å². The molecular weight excluding hydrogens is 556 g/mol. The van der Waals surface area contributed by atoms with E-state index in [9.17, 15) is 5.26 Å². The summed E-state index contributed by atoms with van der Waals surface area (Å²) in [5.74, 6) is 3.74. The zero-order valence-electron chi connectivity index (χ0n) is 24.8. The number of fused-ring (bicyclic) bond motifs is 4. The van der Waals surface area contributed by atoms with E-state index < -0.39 is 0 Å². The second kappa shape index (κ2) is 11.3. The first kappa shape index (κ1) is 27.3. The van der Waals surface area contributed by atoms with Gasteiger partial charge in [0.25, 0.3) is 0 Å². The molecular formula is C32H36N10O2. The number of piperazine rings is 1. The summed E-state index contributed by atoms with van der Waals surface area (Å²) in [6.45, 7) is 8.73. The van der Waals surface area contributed by atoms with E-state index in [1.807, 2.05) is 30.7 Å². The summed E-state index contributed by atoms with van der Waals surface area (Å²) < 4.78 is 13.1. The summed E-state index contributed by atoms with van der Waals surface area (Å²) in [5.41, 5.74) is 3.89. The molecule has 5 saturated heterocycles. The van der Waals surface area contributed by atoms with Gasteiger partial charge in [0.05, 0.1) is 48.7 Å². The predicted molar refractivity (Wildman–Crippen MR) is 163 cm³/mol. The first-order valence-electron chi connectivity index (χ1n) is 15.4. The Labute approximate surface area is 256 Å². The molecule has 12 heteroatoms. The highest BCUT2D eigenvalue weighted by atomic mass is 16.5. The molecule has 4 atom stereocenters. The number of piperidine rings is 1. The van der Waals surface area contributed by atoms with Gasteiger partial charge in [0.2, 0.25) is 5.88 Å². The number of hydrogen-bond donors (Lipinski definition) is 1. The SMILES string of the molecule is COc1ccc(CN2C3CC2CN(c2cnc(-c4cc(OCCN5CC6CNCC6C5)cn5ncc(C#N)c45)cn2)C3)cn1. The molecule has 5 aliphatic heterocycles. The van der Waals surface area contributed by atoms with Crippen LogP contribution in [0.1, 0.15) is 17.5 Å². The van der Waals surface area contributed by atoms with Crippen molar-refractivity contribution in [1.29, 1.82) is 5.26 Å². The highest BCUT2D eigenvalue weighted by Gasteiger charge is 2.44. The van der Waals surface area contributed by atoms with Crippen LogP contribution in [0.5, 0.6) is 11.6 Å². The van der Waals surface area contributed by atoms with Crippen molar-refractivity contribution in [3.05, 3.63) is 60.3 Å². The molecule has 0 saturated carbocycles. The third-order valence-corrected chi connectivity index (χ3v) is 9.80. The van der Waals surface area contributed by atoms with Gasteiger partial charge in [0, 0.05) is 69.2 Å². The maximum atomic E-state index is 9.78. The molecule has 2 bridgehead atoms. The molecule has 0 spiro atoms. The van der Waals surface area contributed by atoms with Crippen LogP contribution in [0.15, 0.2) is 49.2 Å². The number of nitrogens with zero attached hydrogens (tertiary/aromatic N) is 9. The average Bonchev–Trinajstić information content (AvgIpc) is 3.79. The molecule has 9 heterocycles. The minimum atomic E-state index is 0.479. The second-order valence-electron chi connectivity index (χ2n) is 12.4. The second-order valence-corrected chi connectivity index (χ2v) is 12.4. The molecule has 0 aromatic carbocycles. The lowest BCUT2D eigenvalue weighted by molar-refractivity contribution is -0.00879. The van der Waals surface area contributed by atoms with Gasteiger partial charge in [-0.15, -0.1) is 0 Å². The molecule has 44 heavy (non-hydrogen) atoms. The summed E-state index contributed by atoms with van der Waals surface area (Å²) >= 11 is 0. The zero-order chi connectivity index (χ0) is 29.6. The molecule has 5 aliphatic rings. The number of nitriles is 1. The number of anilines is 1. The number of rotatable bonds is 9. The number of ether oxygens (including phenoxy) is 2. The summed E-state index contributed by atoms with van der Waals surface area (Å²) in [7, 11) is 1.64. The highest BCUT2D eigenvalue weighted by Crippen LogP contribution is 2.36. The van der Waals surface area contributed by atoms with Gasteiger partial charge in [0.15, 0.2) is 0 Å². The Morgan fingerprint density at radius 1 is 1.00 bits per heavy atom. The van der Waals surface area contributed by atoms with Crippen molar-refractivity contribution in [2.75, 3.05) is 64.4 Å². The van der Waals surface area contributed by atoms with E-state index in [1.165, 1.54) is 12.0 Å². The number of nitrogens with one attached hydrogen (secondary N) is 1. The zero-order valence-corrected chi connectivity index (χ0v) is 24.8. The lowest BCUT2D eigenvalue weighted by atomic mass is 9.87. The quantitative estimate of drug-likeness (QED) is 0.308. The van der Waals surface area contributed by atoms with Crippen molar-refractivity contribution in [2.24, 2.45) is 11.8 Å². The molecule has 4 aromatic heterocycles. The average molecular weight is 593 g/mol. The van der Waals surface area contributed by atoms with E-state index in [1.54, 1.807) is 24.0 Å². The summed E-state index contributed by atoms with van der Waals surface area (Å²) in [4.78, 5) is 21.4. The van der Waals surface area contributed by atoms with E-state index in [4.69, 9.17) is 19.4 Å². The van der Waals surface area contributed by atoms with Crippen LogP contribution in [-0.2, 0) is 6.54 Å². The molecule has 5 fully saturated rings. The largest absolute Gasteiger partial charge is 0.491 e. The molecule has 4 unspecified atom stereocenters. The third kappa shape index (κ3) is 5.00. The minimum Gasteiger partial charge on any atom is -0.491 e. The van der Waals surface area contributed by atoms with Crippen molar-refractivity contribution in [2.45, 2.75) is 25.0 Å². The van der Waals surface area contributed by atoms with Crippen LogP contribution in [0.2, 0.25) is 0 Å². The van der Waals surface area contributed by atoms with E-state index >= 15 is 0 Å². The topological polar surface area (TPSA) is 120 Å².